The lowest BCUT2D eigenvalue weighted by Crippen LogP contribution is -2.49. The number of aryl methyl sites for hydroxylation is 1. The van der Waals surface area contributed by atoms with Crippen molar-refractivity contribution in [3.05, 3.63) is 23.3 Å². The van der Waals surface area contributed by atoms with Gasteiger partial charge in [0.25, 0.3) is 0 Å². The second kappa shape index (κ2) is 6.05. The predicted molar refractivity (Wildman–Crippen MR) is 99.1 cm³/mol. The molecule has 0 amide bonds. The second-order valence-electron chi connectivity index (χ2n) is 7.70. The van der Waals surface area contributed by atoms with E-state index in [1.165, 1.54) is 18.5 Å². The fourth-order valence-corrected chi connectivity index (χ4v) is 4.47. The largest absolute Gasteiger partial charge is 0.398 e. The van der Waals surface area contributed by atoms with Crippen LogP contribution in [0.4, 0.5) is 11.4 Å². The van der Waals surface area contributed by atoms with Crippen LogP contribution in [-0.4, -0.2) is 51.1 Å². The van der Waals surface area contributed by atoms with Gasteiger partial charge in [0.1, 0.15) is 0 Å². The Hall–Kier alpha value is -1.59. The maximum atomic E-state index is 6.29. The zero-order valence-electron chi connectivity index (χ0n) is 14.7. The van der Waals surface area contributed by atoms with Crippen molar-refractivity contribution in [2.24, 2.45) is 10.9 Å². The minimum Gasteiger partial charge on any atom is -0.398 e. The van der Waals surface area contributed by atoms with E-state index in [2.05, 4.69) is 27.3 Å². The number of fused-ring (bicyclic) bond motifs is 1. The van der Waals surface area contributed by atoms with Gasteiger partial charge in [-0.1, -0.05) is 6.07 Å². The van der Waals surface area contributed by atoms with Gasteiger partial charge >= 0.3 is 0 Å². The van der Waals surface area contributed by atoms with E-state index in [0.717, 1.165) is 55.4 Å². The second-order valence-corrected chi connectivity index (χ2v) is 7.70. The van der Waals surface area contributed by atoms with Crippen molar-refractivity contribution in [3.63, 3.8) is 0 Å². The summed E-state index contributed by atoms with van der Waals surface area (Å²) in [4.78, 5) is 6.63. The van der Waals surface area contributed by atoms with Gasteiger partial charge in [-0.05, 0) is 43.7 Å². The van der Waals surface area contributed by atoms with Gasteiger partial charge in [-0.25, -0.2) is 0 Å². The smallest absolute Gasteiger partial charge is 0.0813 e. The number of rotatable bonds is 5. The van der Waals surface area contributed by atoms with Crippen LogP contribution in [0.3, 0.4) is 0 Å². The molecule has 1 aliphatic carbocycles. The van der Waals surface area contributed by atoms with Gasteiger partial charge < -0.3 is 20.7 Å². The van der Waals surface area contributed by atoms with Crippen LogP contribution in [-0.2, 0) is 4.74 Å². The molecule has 5 nitrogen and oxygen atoms in total. The molecule has 4 fully saturated rings. The van der Waals surface area contributed by atoms with Crippen LogP contribution < -0.4 is 16.0 Å². The summed E-state index contributed by atoms with van der Waals surface area (Å²) < 4.78 is 5.96. The molecule has 4 aliphatic rings. The van der Waals surface area contributed by atoms with Crippen molar-refractivity contribution < 1.29 is 4.74 Å². The van der Waals surface area contributed by atoms with Crippen LogP contribution in [0.1, 0.15) is 30.4 Å². The maximum absolute atomic E-state index is 6.29. The van der Waals surface area contributed by atoms with Crippen molar-refractivity contribution in [1.82, 2.24) is 5.32 Å². The summed E-state index contributed by atoms with van der Waals surface area (Å²) >= 11 is 0. The van der Waals surface area contributed by atoms with E-state index in [-0.39, 0.29) is 5.60 Å². The molecule has 130 valence electrons. The lowest BCUT2D eigenvalue weighted by atomic mass is 9.74. The Balaban J connectivity index is 1.42. The van der Waals surface area contributed by atoms with E-state index >= 15 is 0 Å². The van der Waals surface area contributed by atoms with E-state index in [4.69, 9.17) is 10.5 Å². The quantitative estimate of drug-likeness (QED) is 0.641. The number of ether oxygens (including phenoxy) is 1. The molecule has 1 aromatic rings. The van der Waals surface area contributed by atoms with Gasteiger partial charge in [0.15, 0.2) is 0 Å². The molecular weight excluding hydrogens is 300 g/mol. The highest BCUT2D eigenvalue weighted by molar-refractivity contribution is 5.95. The molecule has 24 heavy (non-hydrogen) atoms. The number of hydrogen-bond donors (Lipinski definition) is 2. The molecule has 1 aromatic carbocycles. The van der Waals surface area contributed by atoms with Gasteiger partial charge in [0.2, 0.25) is 0 Å². The van der Waals surface area contributed by atoms with Crippen LogP contribution in [0.2, 0.25) is 0 Å². The molecule has 3 saturated heterocycles. The first kappa shape index (κ1) is 15.9. The van der Waals surface area contributed by atoms with E-state index in [1.807, 2.05) is 13.1 Å². The Bertz CT molecular complexity index is 646. The third-order valence-electron chi connectivity index (χ3n) is 5.93. The maximum Gasteiger partial charge on any atom is 0.0813 e. The Labute approximate surface area is 144 Å². The Morgan fingerprint density at radius 1 is 1.46 bits per heavy atom. The Kier molecular flexibility index (Phi) is 4.01. The van der Waals surface area contributed by atoms with Crippen LogP contribution in [0.25, 0.3) is 0 Å². The van der Waals surface area contributed by atoms with Crippen molar-refractivity contribution >= 4 is 17.6 Å². The molecule has 1 unspecified atom stereocenters. The SMILES string of the molecule is CN=Cc1c(N2CCC(NCC34CC(CO3)C4)C2)ccc(C)c1N. The molecule has 0 spiro atoms. The molecule has 2 bridgehead atoms. The Morgan fingerprint density at radius 2 is 2.29 bits per heavy atom. The highest BCUT2D eigenvalue weighted by atomic mass is 16.5. The number of aliphatic imine (C=N–C) groups is 1. The average molecular weight is 328 g/mol. The summed E-state index contributed by atoms with van der Waals surface area (Å²) in [7, 11) is 1.80. The average Bonchev–Trinajstić information content (AvgIpc) is 3.25. The third-order valence-corrected chi connectivity index (χ3v) is 5.93. The first-order valence-corrected chi connectivity index (χ1v) is 9.04. The van der Waals surface area contributed by atoms with Crippen molar-refractivity contribution in [2.45, 2.75) is 37.8 Å². The highest BCUT2D eigenvalue weighted by Gasteiger charge is 2.51. The molecule has 1 saturated carbocycles. The minimum atomic E-state index is 0.159. The summed E-state index contributed by atoms with van der Waals surface area (Å²) in [5.74, 6) is 0.832. The molecule has 5 heteroatoms. The van der Waals surface area contributed by atoms with Crippen LogP contribution in [0, 0.1) is 12.8 Å². The van der Waals surface area contributed by atoms with E-state index in [0.29, 0.717) is 6.04 Å². The van der Waals surface area contributed by atoms with Crippen LogP contribution >= 0.6 is 0 Å². The number of anilines is 2. The summed E-state index contributed by atoms with van der Waals surface area (Å²) in [6.45, 7) is 6.10. The van der Waals surface area contributed by atoms with E-state index < -0.39 is 0 Å². The summed E-state index contributed by atoms with van der Waals surface area (Å²) in [5.41, 5.74) is 10.7. The first-order valence-electron chi connectivity index (χ1n) is 9.04. The number of nitrogen functional groups attached to an aromatic ring is 1. The molecule has 0 aromatic heterocycles. The van der Waals surface area contributed by atoms with Crippen LogP contribution in [0.15, 0.2) is 17.1 Å². The third kappa shape index (κ3) is 2.70. The first-order chi connectivity index (χ1) is 11.6. The molecule has 3 heterocycles. The van der Waals surface area contributed by atoms with E-state index in [9.17, 15) is 0 Å². The zero-order chi connectivity index (χ0) is 16.7. The lowest BCUT2D eigenvalue weighted by Gasteiger charge is -2.37. The highest BCUT2D eigenvalue weighted by Crippen LogP contribution is 2.47. The normalized spacial score (nSPS) is 31.8. The van der Waals surface area contributed by atoms with Gasteiger partial charge in [0, 0.05) is 55.9 Å². The zero-order valence-corrected chi connectivity index (χ0v) is 14.7. The fourth-order valence-electron chi connectivity index (χ4n) is 4.47. The van der Waals surface area contributed by atoms with Crippen LogP contribution in [0.5, 0.6) is 0 Å². The van der Waals surface area contributed by atoms with Gasteiger partial charge in [-0.2, -0.15) is 0 Å². The number of nitrogens with one attached hydrogen (secondary N) is 1. The van der Waals surface area contributed by atoms with Gasteiger partial charge in [-0.3, -0.25) is 4.99 Å². The summed E-state index contributed by atoms with van der Waals surface area (Å²) in [5, 5.41) is 3.75. The van der Waals surface area contributed by atoms with Crippen molar-refractivity contribution in [1.29, 1.82) is 0 Å². The van der Waals surface area contributed by atoms with Crippen molar-refractivity contribution in [2.75, 3.05) is 43.9 Å². The molecule has 0 radical (unpaired) electrons. The van der Waals surface area contributed by atoms with Crippen molar-refractivity contribution in [3.8, 4) is 0 Å². The molecular formula is C19H28N4O. The summed E-state index contributed by atoms with van der Waals surface area (Å²) in [6, 6.07) is 4.81. The number of benzene rings is 1. The predicted octanol–water partition coefficient (Wildman–Crippen LogP) is 1.97. The molecule has 1 atom stereocenters. The summed E-state index contributed by atoms with van der Waals surface area (Å²) in [6.07, 6.45) is 5.55. The molecule has 3 aliphatic heterocycles. The topological polar surface area (TPSA) is 62.9 Å². The van der Waals surface area contributed by atoms with Gasteiger partial charge in [-0.15, -0.1) is 0 Å². The minimum absolute atomic E-state index is 0.159. The lowest BCUT2D eigenvalue weighted by molar-refractivity contribution is 0.00105. The fraction of sp³-hybridized carbons (Fsp3) is 0.632. The van der Waals surface area contributed by atoms with Gasteiger partial charge in [0.05, 0.1) is 12.2 Å². The molecule has 5 rings (SSSR count). The number of nitrogens with two attached hydrogens (primary N) is 1. The molecule has 3 N–H and O–H groups in total. The number of nitrogens with zero attached hydrogens (tertiary/aromatic N) is 2. The monoisotopic (exact) mass is 328 g/mol. The van der Waals surface area contributed by atoms with E-state index in [1.54, 1.807) is 7.05 Å². The standard InChI is InChI=1S/C19H28N4O/c1-13-3-4-17(16(9-21-2)18(13)20)23-6-5-15(10-23)22-12-19-7-14(8-19)11-24-19/h3-4,9,14-15,22H,5-8,10-12,20H2,1-2H3. The Morgan fingerprint density at radius 3 is 3.00 bits per heavy atom. The number of hydrogen-bond acceptors (Lipinski definition) is 5.